The second-order valence-corrected chi connectivity index (χ2v) is 8.09. The second-order valence-electron chi connectivity index (χ2n) is 8.09. The van der Waals surface area contributed by atoms with Gasteiger partial charge in [-0.1, -0.05) is 18.2 Å². The number of imidazole rings is 1. The van der Waals surface area contributed by atoms with Crippen LogP contribution < -0.4 is 5.73 Å². The number of likely N-dealkylation sites (N-methyl/N-ethyl adjacent to an activating group) is 1. The van der Waals surface area contributed by atoms with Crippen LogP contribution in [0.1, 0.15) is 12.1 Å². The molecule has 0 atom stereocenters. The molecule has 160 valence electrons. The number of para-hydroxylation sites is 2. The van der Waals surface area contributed by atoms with E-state index in [9.17, 15) is 4.79 Å². The fourth-order valence-electron chi connectivity index (χ4n) is 4.07. The summed E-state index contributed by atoms with van der Waals surface area (Å²) < 4.78 is 0. The van der Waals surface area contributed by atoms with Gasteiger partial charge >= 0.3 is 6.03 Å². The Kier molecular flexibility index (Phi) is 5.03. The standard InChI is InChI=1S/C22H26N8O/c1-28-10-12-30(13-11-28)22(31)29-8-6-15(7-9-29)18-14-24-20(23)19(25-18)21-26-16-4-2-3-5-17(16)27-21/h2-6,14H,7-13H2,1H3,(H2,23,24)(H,26,27). The van der Waals surface area contributed by atoms with Gasteiger partial charge in [-0.2, -0.15) is 0 Å². The summed E-state index contributed by atoms with van der Waals surface area (Å²) in [6.45, 7) is 4.66. The summed E-state index contributed by atoms with van der Waals surface area (Å²) >= 11 is 0. The van der Waals surface area contributed by atoms with Crippen molar-refractivity contribution < 1.29 is 4.79 Å². The monoisotopic (exact) mass is 418 g/mol. The van der Waals surface area contributed by atoms with E-state index in [0.29, 0.717) is 30.4 Å². The molecule has 9 nitrogen and oxygen atoms in total. The van der Waals surface area contributed by atoms with E-state index in [1.165, 1.54) is 0 Å². The van der Waals surface area contributed by atoms with Gasteiger partial charge in [0.15, 0.2) is 11.6 Å². The first-order valence-corrected chi connectivity index (χ1v) is 10.6. The third kappa shape index (κ3) is 3.84. The van der Waals surface area contributed by atoms with Gasteiger partial charge < -0.3 is 25.4 Å². The van der Waals surface area contributed by atoms with E-state index in [4.69, 9.17) is 10.7 Å². The van der Waals surface area contributed by atoms with Crippen molar-refractivity contribution in [2.75, 3.05) is 52.0 Å². The Bertz CT molecular complexity index is 1110. The molecule has 1 saturated heterocycles. The fraction of sp³-hybridized carbons (Fsp3) is 0.364. The molecule has 3 aromatic rings. The molecule has 0 radical (unpaired) electrons. The van der Waals surface area contributed by atoms with Gasteiger partial charge in [0.25, 0.3) is 0 Å². The highest BCUT2D eigenvalue weighted by Crippen LogP contribution is 2.27. The number of rotatable bonds is 2. The lowest BCUT2D eigenvalue weighted by atomic mass is 10.1. The summed E-state index contributed by atoms with van der Waals surface area (Å²) in [5, 5.41) is 0. The van der Waals surface area contributed by atoms with Gasteiger partial charge in [0.05, 0.1) is 22.9 Å². The van der Waals surface area contributed by atoms with Gasteiger partial charge in [-0.05, 0) is 31.2 Å². The number of fused-ring (bicyclic) bond motifs is 1. The second kappa shape index (κ2) is 7.99. The average molecular weight is 419 g/mol. The minimum atomic E-state index is 0.120. The number of nitrogens with one attached hydrogen (secondary N) is 1. The number of H-pyrrole nitrogens is 1. The Hall–Kier alpha value is -3.46. The summed E-state index contributed by atoms with van der Waals surface area (Å²) in [6.07, 6.45) is 4.50. The number of carbonyl (C=O) groups is 1. The summed E-state index contributed by atoms with van der Waals surface area (Å²) in [7, 11) is 2.09. The SMILES string of the molecule is CN1CCN(C(=O)N2CC=C(c3cnc(N)c(-c4nc5ccccc5[nH]4)n3)CC2)CC1. The van der Waals surface area contributed by atoms with Crippen molar-refractivity contribution in [1.82, 2.24) is 34.6 Å². The van der Waals surface area contributed by atoms with Gasteiger partial charge in [-0.25, -0.2) is 19.7 Å². The third-order valence-electron chi connectivity index (χ3n) is 6.00. The van der Waals surface area contributed by atoms with E-state index >= 15 is 0 Å². The maximum Gasteiger partial charge on any atom is 0.320 e. The van der Waals surface area contributed by atoms with Crippen LogP contribution in [0.4, 0.5) is 10.6 Å². The van der Waals surface area contributed by atoms with Crippen molar-refractivity contribution in [3.05, 3.63) is 42.2 Å². The lowest BCUT2D eigenvalue weighted by molar-refractivity contribution is 0.125. The van der Waals surface area contributed by atoms with Crippen LogP contribution >= 0.6 is 0 Å². The number of nitrogen functional groups attached to an aromatic ring is 1. The number of piperazine rings is 1. The number of anilines is 1. The maximum atomic E-state index is 12.8. The highest BCUT2D eigenvalue weighted by Gasteiger charge is 2.26. The first-order chi connectivity index (χ1) is 15.1. The molecule has 2 amide bonds. The van der Waals surface area contributed by atoms with Crippen LogP contribution in [0.15, 0.2) is 36.5 Å². The van der Waals surface area contributed by atoms with Gasteiger partial charge in [0.2, 0.25) is 0 Å². The Morgan fingerprint density at radius 2 is 1.87 bits per heavy atom. The van der Waals surface area contributed by atoms with Crippen molar-refractivity contribution in [3.8, 4) is 11.5 Å². The molecular formula is C22H26N8O. The highest BCUT2D eigenvalue weighted by atomic mass is 16.2. The number of nitrogens with two attached hydrogens (primary N) is 1. The molecular weight excluding hydrogens is 392 g/mol. The Labute approximate surface area is 180 Å². The van der Waals surface area contributed by atoms with E-state index < -0.39 is 0 Å². The fourth-order valence-corrected chi connectivity index (χ4v) is 4.07. The average Bonchev–Trinajstić information content (AvgIpc) is 3.24. The summed E-state index contributed by atoms with van der Waals surface area (Å²) in [6, 6.07) is 7.93. The van der Waals surface area contributed by atoms with Crippen LogP contribution in [0.3, 0.4) is 0 Å². The molecule has 4 heterocycles. The molecule has 2 aliphatic heterocycles. The summed E-state index contributed by atoms with van der Waals surface area (Å²) in [5.74, 6) is 0.947. The van der Waals surface area contributed by atoms with Crippen LogP contribution in [0.25, 0.3) is 28.1 Å². The predicted octanol–water partition coefficient (Wildman–Crippen LogP) is 2.06. The topological polar surface area (TPSA) is 107 Å². The number of aromatic amines is 1. The van der Waals surface area contributed by atoms with Crippen molar-refractivity contribution in [3.63, 3.8) is 0 Å². The molecule has 0 unspecified atom stereocenters. The number of nitrogens with zero attached hydrogens (tertiary/aromatic N) is 6. The molecule has 0 spiro atoms. The molecule has 9 heteroatoms. The molecule has 2 aliphatic rings. The molecule has 5 rings (SSSR count). The van der Waals surface area contributed by atoms with E-state index in [0.717, 1.165) is 54.9 Å². The number of amides is 2. The molecule has 0 bridgehead atoms. The molecule has 31 heavy (non-hydrogen) atoms. The third-order valence-corrected chi connectivity index (χ3v) is 6.00. The number of aromatic nitrogens is 4. The summed E-state index contributed by atoms with van der Waals surface area (Å²) in [5.41, 5.74) is 10.3. The number of hydrogen-bond donors (Lipinski definition) is 2. The molecule has 1 fully saturated rings. The highest BCUT2D eigenvalue weighted by molar-refractivity contribution is 5.81. The first kappa shape index (κ1) is 19.5. The van der Waals surface area contributed by atoms with E-state index in [2.05, 4.69) is 33.0 Å². The van der Waals surface area contributed by atoms with E-state index in [1.54, 1.807) is 6.20 Å². The number of carbonyl (C=O) groups excluding carboxylic acids is 1. The number of benzene rings is 1. The minimum absolute atomic E-state index is 0.120. The van der Waals surface area contributed by atoms with Gasteiger partial charge in [-0.15, -0.1) is 0 Å². The quantitative estimate of drug-likeness (QED) is 0.660. The van der Waals surface area contributed by atoms with Crippen LogP contribution in [-0.4, -0.2) is 87.0 Å². The normalized spacial score (nSPS) is 17.8. The van der Waals surface area contributed by atoms with Crippen LogP contribution in [-0.2, 0) is 0 Å². The van der Waals surface area contributed by atoms with Gasteiger partial charge in [-0.3, -0.25) is 0 Å². The maximum absolute atomic E-state index is 12.8. The van der Waals surface area contributed by atoms with Gasteiger partial charge in [0, 0.05) is 39.3 Å². The Morgan fingerprint density at radius 1 is 1.06 bits per heavy atom. The zero-order valence-corrected chi connectivity index (χ0v) is 17.6. The van der Waals surface area contributed by atoms with Crippen molar-refractivity contribution >= 4 is 28.5 Å². The van der Waals surface area contributed by atoms with Crippen molar-refractivity contribution in [2.45, 2.75) is 6.42 Å². The molecule has 2 aromatic heterocycles. The van der Waals surface area contributed by atoms with E-state index in [1.807, 2.05) is 34.1 Å². The largest absolute Gasteiger partial charge is 0.382 e. The first-order valence-electron chi connectivity index (χ1n) is 10.6. The lowest BCUT2D eigenvalue weighted by Crippen LogP contribution is -2.52. The molecule has 1 aromatic carbocycles. The Balaban J connectivity index is 1.34. The predicted molar refractivity (Wildman–Crippen MR) is 120 cm³/mol. The minimum Gasteiger partial charge on any atom is -0.382 e. The number of urea groups is 1. The van der Waals surface area contributed by atoms with Crippen LogP contribution in [0.5, 0.6) is 0 Å². The van der Waals surface area contributed by atoms with Crippen LogP contribution in [0.2, 0.25) is 0 Å². The Morgan fingerprint density at radius 3 is 2.61 bits per heavy atom. The van der Waals surface area contributed by atoms with Crippen LogP contribution in [0, 0.1) is 0 Å². The van der Waals surface area contributed by atoms with E-state index in [-0.39, 0.29) is 6.03 Å². The van der Waals surface area contributed by atoms with Gasteiger partial charge in [0.1, 0.15) is 5.69 Å². The zero-order valence-electron chi connectivity index (χ0n) is 17.6. The molecule has 0 aliphatic carbocycles. The smallest absolute Gasteiger partial charge is 0.320 e. The number of hydrogen-bond acceptors (Lipinski definition) is 6. The molecule has 3 N–H and O–H groups in total. The zero-order chi connectivity index (χ0) is 21.4. The molecule has 0 saturated carbocycles. The lowest BCUT2D eigenvalue weighted by Gasteiger charge is -2.37. The van der Waals surface area contributed by atoms with Crippen molar-refractivity contribution in [1.29, 1.82) is 0 Å². The van der Waals surface area contributed by atoms with Crippen molar-refractivity contribution in [2.24, 2.45) is 0 Å². The summed E-state index contributed by atoms with van der Waals surface area (Å²) in [4.78, 5) is 35.9.